The largest absolute Gasteiger partial charge is 0.394 e. The fourth-order valence-corrected chi connectivity index (χ4v) is 7.24. The smallest absolute Gasteiger partial charge is 0.242 e. The van der Waals surface area contributed by atoms with Gasteiger partial charge in [-0.2, -0.15) is 0 Å². The zero-order valence-corrected chi connectivity index (χ0v) is 32.3. The molecule has 286 valence electrons. The molecule has 4 aromatic carbocycles. The number of benzene rings is 4. The lowest BCUT2D eigenvalue weighted by atomic mass is 9.87. The molecule has 0 heterocycles. The molecule has 0 bridgehead atoms. The summed E-state index contributed by atoms with van der Waals surface area (Å²) in [6, 6.07) is 26.9. The van der Waals surface area contributed by atoms with E-state index < -0.39 is 30.1 Å². The van der Waals surface area contributed by atoms with Crippen molar-refractivity contribution in [3.8, 4) is 0 Å². The Hall–Kier alpha value is -4.27. The first-order chi connectivity index (χ1) is 25.5. The summed E-state index contributed by atoms with van der Waals surface area (Å²) in [4.78, 5) is 41.6. The maximum atomic E-state index is 14.5. The third-order valence-corrected chi connectivity index (χ3v) is 10.6. The second-order valence-corrected chi connectivity index (χ2v) is 15.2. The fourth-order valence-electron chi connectivity index (χ4n) is 7.24. The minimum Gasteiger partial charge on any atom is -0.394 e. The molecule has 5 atom stereocenters. The first-order valence-corrected chi connectivity index (χ1v) is 19.7. The normalized spacial score (nSPS) is 14.5. The topological polar surface area (TPSA) is 128 Å². The van der Waals surface area contributed by atoms with E-state index in [0.717, 1.165) is 58.4 Å². The summed E-state index contributed by atoms with van der Waals surface area (Å²) in [7, 11) is 0. The van der Waals surface area contributed by atoms with Gasteiger partial charge >= 0.3 is 0 Å². The van der Waals surface area contributed by atoms with Crippen LogP contribution in [0.3, 0.4) is 0 Å². The summed E-state index contributed by atoms with van der Waals surface area (Å²) >= 11 is 0. The van der Waals surface area contributed by atoms with E-state index in [9.17, 15) is 24.6 Å². The highest BCUT2D eigenvalue weighted by Crippen LogP contribution is 2.27. The van der Waals surface area contributed by atoms with Gasteiger partial charge in [0.05, 0.1) is 31.2 Å². The monoisotopic (exact) mass is 723 g/mol. The number of fused-ring (bicyclic) bond motifs is 2. The van der Waals surface area contributed by atoms with E-state index in [1.165, 1.54) is 0 Å². The van der Waals surface area contributed by atoms with Crippen LogP contribution in [0.1, 0.15) is 90.7 Å². The molecular formula is C45H61N3O5. The highest BCUT2D eigenvalue weighted by atomic mass is 16.3. The fraction of sp³-hybridized carbons (Fsp3) is 0.489. The van der Waals surface area contributed by atoms with Crippen LogP contribution in [0.4, 0.5) is 0 Å². The summed E-state index contributed by atoms with van der Waals surface area (Å²) < 4.78 is 0. The molecule has 0 saturated heterocycles. The molecule has 4 aromatic rings. The van der Waals surface area contributed by atoms with Crippen LogP contribution in [-0.4, -0.2) is 58.8 Å². The van der Waals surface area contributed by atoms with E-state index in [0.29, 0.717) is 25.7 Å². The highest BCUT2D eigenvalue weighted by molar-refractivity contribution is 5.91. The predicted octanol–water partition coefficient (Wildman–Crippen LogP) is 7.26. The number of carbonyl (C=O) groups excluding carboxylic acids is 3. The van der Waals surface area contributed by atoms with Gasteiger partial charge in [-0.3, -0.25) is 14.4 Å². The summed E-state index contributed by atoms with van der Waals surface area (Å²) in [6.07, 6.45) is 3.96. The van der Waals surface area contributed by atoms with Crippen molar-refractivity contribution in [1.82, 2.24) is 16.0 Å². The van der Waals surface area contributed by atoms with Crippen LogP contribution < -0.4 is 16.0 Å². The van der Waals surface area contributed by atoms with Crippen molar-refractivity contribution in [3.63, 3.8) is 0 Å². The van der Waals surface area contributed by atoms with E-state index in [4.69, 9.17) is 0 Å². The molecule has 3 amide bonds. The molecule has 0 aliphatic carbocycles. The zero-order chi connectivity index (χ0) is 38.3. The summed E-state index contributed by atoms with van der Waals surface area (Å²) in [5.74, 6) is -1.19. The van der Waals surface area contributed by atoms with Gasteiger partial charge in [-0.05, 0) is 70.2 Å². The first kappa shape index (κ1) is 41.5. The van der Waals surface area contributed by atoms with Gasteiger partial charge in [-0.1, -0.05) is 145 Å². The van der Waals surface area contributed by atoms with Crippen molar-refractivity contribution < 1.29 is 24.6 Å². The number of carbonyl (C=O) groups is 3. The van der Waals surface area contributed by atoms with Crippen molar-refractivity contribution in [2.45, 2.75) is 117 Å². The van der Waals surface area contributed by atoms with Gasteiger partial charge in [-0.15, -0.1) is 0 Å². The van der Waals surface area contributed by atoms with E-state index >= 15 is 0 Å². The number of nitrogens with one attached hydrogen (secondary N) is 3. The van der Waals surface area contributed by atoms with Gasteiger partial charge in [0.15, 0.2) is 0 Å². The Bertz CT molecular complexity index is 1680. The van der Waals surface area contributed by atoms with E-state index in [1.807, 2.05) is 64.1 Å². The Morgan fingerprint density at radius 2 is 1.25 bits per heavy atom. The van der Waals surface area contributed by atoms with Crippen LogP contribution >= 0.6 is 0 Å². The number of unbranched alkanes of at least 4 members (excludes halogenated alkanes) is 2. The number of aliphatic hydroxyl groups excluding tert-OH is 2. The van der Waals surface area contributed by atoms with Crippen LogP contribution in [0.5, 0.6) is 0 Å². The lowest BCUT2D eigenvalue weighted by molar-refractivity contribution is -0.132. The molecule has 1 unspecified atom stereocenters. The molecule has 0 saturated carbocycles. The molecule has 4 rings (SSSR count). The number of amides is 3. The standard InChI is InChI=1S/C45H61N3O5/c1-6-8-9-24-39(45(53)48-40(25-30(3)4)42(50)28-43(51)46-41(29-49)31(5)7-2)47-44(52)36(26-34-20-14-18-32-16-10-12-22-37(32)34)27-35-21-15-19-33-17-11-13-23-38(33)35/h10-23,30-31,36,39-42,49-50H,6-9,24-29H2,1-5H3,(H,46,51)(H,47,52)(H,48,53)/t31-,39?,40-,41+,42-/m0/s1. The van der Waals surface area contributed by atoms with Crippen LogP contribution in [0.2, 0.25) is 0 Å². The average Bonchev–Trinajstić information content (AvgIpc) is 3.15. The number of aliphatic hydroxyl groups is 2. The maximum Gasteiger partial charge on any atom is 0.242 e. The lowest BCUT2D eigenvalue weighted by Gasteiger charge is -2.29. The molecule has 8 heteroatoms. The van der Waals surface area contributed by atoms with E-state index in [2.05, 4.69) is 71.4 Å². The second-order valence-electron chi connectivity index (χ2n) is 15.2. The zero-order valence-electron chi connectivity index (χ0n) is 32.3. The molecule has 0 aromatic heterocycles. The lowest BCUT2D eigenvalue weighted by Crippen LogP contribution is -2.54. The summed E-state index contributed by atoms with van der Waals surface area (Å²) in [5.41, 5.74) is 2.15. The van der Waals surface area contributed by atoms with Gasteiger partial charge < -0.3 is 26.2 Å². The van der Waals surface area contributed by atoms with Crippen molar-refractivity contribution in [3.05, 3.63) is 96.1 Å². The number of rotatable bonds is 21. The number of hydrogen-bond acceptors (Lipinski definition) is 5. The van der Waals surface area contributed by atoms with Crippen molar-refractivity contribution in [1.29, 1.82) is 0 Å². The third kappa shape index (κ3) is 12.1. The summed E-state index contributed by atoms with van der Waals surface area (Å²) in [6.45, 7) is 9.87. The Kier molecular flexibility index (Phi) is 16.3. The van der Waals surface area contributed by atoms with Crippen LogP contribution in [0.25, 0.3) is 21.5 Å². The molecule has 0 aliphatic heterocycles. The minimum atomic E-state index is -1.14. The molecular weight excluding hydrogens is 663 g/mol. The Morgan fingerprint density at radius 3 is 1.77 bits per heavy atom. The van der Waals surface area contributed by atoms with E-state index in [1.54, 1.807) is 0 Å². The molecule has 5 N–H and O–H groups in total. The Labute approximate surface area is 316 Å². The number of hydrogen-bond donors (Lipinski definition) is 5. The van der Waals surface area contributed by atoms with E-state index in [-0.39, 0.29) is 42.6 Å². The quantitative estimate of drug-likeness (QED) is 0.0579. The Balaban J connectivity index is 1.59. The molecule has 0 aliphatic rings. The van der Waals surface area contributed by atoms with Crippen LogP contribution in [0, 0.1) is 17.8 Å². The third-order valence-electron chi connectivity index (χ3n) is 10.6. The van der Waals surface area contributed by atoms with Gasteiger partial charge in [0.2, 0.25) is 17.7 Å². The highest BCUT2D eigenvalue weighted by Gasteiger charge is 2.31. The van der Waals surface area contributed by atoms with Crippen LogP contribution in [0.15, 0.2) is 84.9 Å². The van der Waals surface area contributed by atoms with Crippen molar-refractivity contribution in [2.75, 3.05) is 6.61 Å². The molecule has 8 nitrogen and oxygen atoms in total. The minimum absolute atomic E-state index is 0.0739. The van der Waals surface area contributed by atoms with Crippen molar-refractivity contribution in [2.24, 2.45) is 17.8 Å². The summed E-state index contributed by atoms with van der Waals surface area (Å²) in [5, 5.41) is 34.6. The maximum absolute atomic E-state index is 14.5. The molecule has 0 radical (unpaired) electrons. The molecule has 0 spiro atoms. The van der Waals surface area contributed by atoms with Gasteiger partial charge in [0.25, 0.3) is 0 Å². The first-order valence-electron chi connectivity index (χ1n) is 19.7. The second kappa shape index (κ2) is 20.8. The van der Waals surface area contributed by atoms with Gasteiger partial charge in [0.1, 0.15) is 6.04 Å². The van der Waals surface area contributed by atoms with Crippen molar-refractivity contribution >= 4 is 39.3 Å². The predicted molar refractivity (Wildman–Crippen MR) is 215 cm³/mol. The van der Waals surface area contributed by atoms with Gasteiger partial charge in [-0.25, -0.2) is 0 Å². The SMILES string of the molecule is CCCCCC(NC(=O)C(Cc1cccc2ccccc12)Cc1cccc2ccccc12)C(=O)N[C@@H](CC(C)C)[C@@H](O)CC(=O)N[C@H](CO)[C@@H](C)CC. The molecule has 0 fully saturated rings. The van der Waals surface area contributed by atoms with Gasteiger partial charge in [0, 0.05) is 5.92 Å². The Morgan fingerprint density at radius 1 is 0.679 bits per heavy atom. The molecule has 53 heavy (non-hydrogen) atoms. The van der Waals surface area contributed by atoms with Crippen LogP contribution in [-0.2, 0) is 27.2 Å². The average molecular weight is 724 g/mol.